The molecule has 1 aliphatic heterocycles. The van der Waals surface area contributed by atoms with E-state index < -0.39 is 0 Å². The first kappa shape index (κ1) is 21.7. The van der Waals surface area contributed by atoms with Crippen LogP contribution < -0.4 is 10.6 Å². The maximum atomic E-state index is 12.4. The predicted octanol–water partition coefficient (Wildman–Crippen LogP) is 3.84. The monoisotopic (exact) mass is 438 g/mol. The number of hydrogen-bond acceptors (Lipinski definition) is 2. The summed E-state index contributed by atoms with van der Waals surface area (Å²) in [6.45, 7) is 5.13. The molecule has 1 aliphatic carbocycles. The maximum absolute atomic E-state index is 12.4. The molecule has 2 aromatic rings. The minimum Gasteiger partial charge on any atom is -0.357 e. The van der Waals surface area contributed by atoms with Crippen molar-refractivity contribution < 1.29 is 4.79 Å². The van der Waals surface area contributed by atoms with E-state index in [0.29, 0.717) is 24.9 Å². The van der Waals surface area contributed by atoms with Gasteiger partial charge in [0.2, 0.25) is 5.91 Å². The number of rotatable bonds is 8. The van der Waals surface area contributed by atoms with Gasteiger partial charge in [-0.15, -0.1) is 0 Å². The van der Waals surface area contributed by atoms with Gasteiger partial charge in [-0.25, -0.2) is 0 Å². The molecule has 31 heavy (non-hydrogen) atoms. The van der Waals surface area contributed by atoms with Crippen molar-refractivity contribution in [1.29, 1.82) is 0 Å². The molecule has 0 aromatic heterocycles. The Morgan fingerprint density at radius 2 is 2.03 bits per heavy atom. The van der Waals surface area contributed by atoms with Crippen LogP contribution in [0.25, 0.3) is 0 Å². The summed E-state index contributed by atoms with van der Waals surface area (Å²) in [6, 6.07) is 18.8. The first-order valence-corrected chi connectivity index (χ1v) is 11.6. The summed E-state index contributed by atoms with van der Waals surface area (Å²) in [5.41, 5.74) is 2.55. The third-order valence-corrected chi connectivity index (χ3v) is 6.28. The van der Waals surface area contributed by atoms with E-state index >= 15 is 0 Å². The third-order valence-electron chi connectivity index (χ3n) is 6.05. The number of halogens is 1. The molecule has 3 atom stereocenters. The fourth-order valence-electron chi connectivity index (χ4n) is 4.28. The van der Waals surface area contributed by atoms with Crippen LogP contribution in [0.3, 0.4) is 0 Å². The molecule has 0 bridgehead atoms. The van der Waals surface area contributed by atoms with Gasteiger partial charge in [-0.2, -0.15) is 0 Å². The molecule has 2 fully saturated rings. The van der Waals surface area contributed by atoms with Crippen LogP contribution in [0.15, 0.2) is 59.6 Å². The van der Waals surface area contributed by atoms with Gasteiger partial charge < -0.3 is 15.5 Å². The Bertz CT molecular complexity index is 917. The van der Waals surface area contributed by atoms with Crippen LogP contribution in [0.5, 0.6) is 0 Å². The number of benzene rings is 2. The number of nitrogens with zero attached hydrogens (tertiary/aromatic N) is 2. The average molecular weight is 439 g/mol. The zero-order chi connectivity index (χ0) is 21.6. The highest BCUT2D eigenvalue weighted by Gasteiger charge is 2.39. The molecule has 0 radical (unpaired) electrons. The summed E-state index contributed by atoms with van der Waals surface area (Å²) >= 11 is 6.14. The van der Waals surface area contributed by atoms with Gasteiger partial charge in [-0.3, -0.25) is 9.79 Å². The zero-order valence-electron chi connectivity index (χ0n) is 18.1. The second kappa shape index (κ2) is 10.2. The second-order valence-electron chi connectivity index (χ2n) is 8.51. The lowest BCUT2D eigenvalue weighted by molar-refractivity contribution is -0.127. The Hall–Kier alpha value is -2.53. The van der Waals surface area contributed by atoms with Crippen molar-refractivity contribution in [1.82, 2.24) is 15.5 Å². The van der Waals surface area contributed by atoms with Crippen LogP contribution in [-0.2, 0) is 11.2 Å². The number of nitrogens with one attached hydrogen (secondary N) is 2. The first-order valence-electron chi connectivity index (χ1n) is 11.2. The Balaban J connectivity index is 1.27. The van der Waals surface area contributed by atoms with Crippen LogP contribution >= 0.6 is 11.6 Å². The van der Waals surface area contributed by atoms with Gasteiger partial charge in [-0.05, 0) is 43.0 Å². The lowest BCUT2D eigenvalue weighted by atomic mass is 10.1. The number of guanidine groups is 1. The molecular weight excluding hydrogens is 408 g/mol. The number of amides is 1. The molecule has 3 unspecified atom stereocenters. The van der Waals surface area contributed by atoms with E-state index in [1.54, 1.807) is 0 Å². The van der Waals surface area contributed by atoms with E-state index in [1.165, 1.54) is 11.1 Å². The van der Waals surface area contributed by atoms with Gasteiger partial charge in [0.25, 0.3) is 0 Å². The normalized spacial score (nSPS) is 23.2. The molecule has 164 valence electrons. The van der Waals surface area contributed by atoms with Gasteiger partial charge in [0.1, 0.15) is 0 Å². The molecular formula is C25H31ClN4O. The number of aliphatic imine (C=N–C) groups is 1. The number of carbonyl (C=O) groups excluding carboxylic acids is 1. The topological polar surface area (TPSA) is 56.7 Å². The van der Waals surface area contributed by atoms with Crippen molar-refractivity contribution in [3.8, 4) is 0 Å². The molecule has 1 saturated heterocycles. The second-order valence-corrected chi connectivity index (χ2v) is 8.95. The summed E-state index contributed by atoms with van der Waals surface area (Å²) in [5.74, 6) is 1.84. The minimum absolute atomic E-state index is 0.248. The summed E-state index contributed by atoms with van der Waals surface area (Å²) in [4.78, 5) is 19.2. The van der Waals surface area contributed by atoms with E-state index in [0.717, 1.165) is 43.5 Å². The van der Waals surface area contributed by atoms with Gasteiger partial charge in [0, 0.05) is 55.5 Å². The summed E-state index contributed by atoms with van der Waals surface area (Å²) < 4.78 is 0. The lowest BCUT2D eigenvalue weighted by Gasteiger charge is -2.16. The summed E-state index contributed by atoms with van der Waals surface area (Å²) in [7, 11) is 0. The van der Waals surface area contributed by atoms with Crippen molar-refractivity contribution in [2.75, 3.05) is 26.2 Å². The Morgan fingerprint density at radius 3 is 2.81 bits per heavy atom. The molecule has 1 saturated carbocycles. The van der Waals surface area contributed by atoms with Crippen LogP contribution in [-0.4, -0.2) is 49.0 Å². The van der Waals surface area contributed by atoms with Crippen LogP contribution in [0.4, 0.5) is 0 Å². The van der Waals surface area contributed by atoms with E-state index in [-0.39, 0.29) is 11.8 Å². The standard InChI is InChI=1S/C25H31ClN4O/c1-2-27-25(29-23-15-22(23)20-9-6-10-21(26)14-20)28-16-19-13-24(31)30(17-19)12-11-18-7-4-3-5-8-18/h3-10,14,19,22-23H,2,11-13,15-17H2,1H3,(H2,27,28,29). The van der Waals surface area contributed by atoms with Crippen molar-refractivity contribution in [2.24, 2.45) is 10.9 Å². The number of carbonyl (C=O) groups is 1. The Morgan fingerprint density at radius 1 is 1.19 bits per heavy atom. The van der Waals surface area contributed by atoms with Crippen LogP contribution in [0.1, 0.15) is 36.8 Å². The minimum atomic E-state index is 0.248. The molecule has 1 amide bonds. The number of likely N-dealkylation sites (tertiary alicyclic amines) is 1. The Kier molecular flexibility index (Phi) is 7.13. The SMILES string of the molecule is CCNC(=NCC1CC(=O)N(CCc2ccccc2)C1)NC1CC1c1cccc(Cl)c1. The molecule has 6 heteroatoms. The van der Waals surface area contributed by atoms with Crippen molar-refractivity contribution in [2.45, 2.75) is 38.1 Å². The van der Waals surface area contributed by atoms with E-state index in [9.17, 15) is 4.79 Å². The van der Waals surface area contributed by atoms with E-state index in [4.69, 9.17) is 16.6 Å². The quantitative estimate of drug-likeness (QED) is 0.486. The average Bonchev–Trinajstić information content (AvgIpc) is 3.45. The van der Waals surface area contributed by atoms with Gasteiger partial charge in [-0.1, -0.05) is 54.1 Å². The lowest BCUT2D eigenvalue weighted by Crippen LogP contribution is -2.39. The van der Waals surface area contributed by atoms with E-state index in [1.807, 2.05) is 41.3 Å². The highest BCUT2D eigenvalue weighted by atomic mass is 35.5. The summed E-state index contributed by atoms with van der Waals surface area (Å²) in [6.07, 6.45) is 2.57. The third kappa shape index (κ3) is 6.01. The fourth-order valence-corrected chi connectivity index (χ4v) is 4.48. The van der Waals surface area contributed by atoms with Crippen molar-refractivity contribution >= 4 is 23.5 Å². The van der Waals surface area contributed by atoms with Crippen LogP contribution in [0, 0.1) is 5.92 Å². The molecule has 1 heterocycles. The van der Waals surface area contributed by atoms with Crippen molar-refractivity contribution in [3.05, 3.63) is 70.7 Å². The van der Waals surface area contributed by atoms with Crippen molar-refractivity contribution in [3.63, 3.8) is 0 Å². The zero-order valence-corrected chi connectivity index (χ0v) is 18.8. The summed E-state index contributed by atoms with van der Waals surface area (Å²) in [5, 5.41) is 7.68. The number of hydrogen-bond donors (Lipinski definition) is 2. The molecule has 4 rings (SSSR count). The Labute approximate surface area is 189 Å². The molecule has 2 N–H and O–H groups in total. The van der Waals surface area contributed by atoms with Gasteiger partial charge in [0.15, 0.2) is 5.96 Å². The van der Waals surface area contributed by atoms with Crippen LogP contribution in [0.2, 0.25) is 5.02 Å². The molecule has 2 aliphatic rings. The highest BCUT2D eigenvalue weighted by molar-refractivity contribution is 6.30. The van der Waals surface area contributed by atoms with Gasteiger partial charge in [0.05, 0.1) is 0 Å². The first-order chi connectivity index (χ1) is 15.1. The van der Waals surface area contributed by atoms with Gasteiger partial charge >= 0.3 is 0 Å². The van der Waals surface area contributed by atoms with E-state index in [2.05, 4.69) is 35.8 Å². The molecule has 2 aromatic carbocycles. The largest absolute Gasteiger partial charge is 0.357 e. The fraction of sp³-hybridized carbons (Fsp3) is 0.440. The predicted molar refractivity (Wildman–Crippen MR) is 127 cm³/mol. The molecule has 0 spiro atoms. The highest BCUT2D eigenvalue weighted by Crippen LogP contribution is 2.41. The maximum Gasteiger partial charge on any atom is 0.223 e. The smallest absolute Gasteiger partial charge is 0.223 e. The molecule has 5 nitrogen and oxygen atoms in total.